The van der Waals surface area contributed by atoms with Gasteiger partial charge in [-0.3, -0.25) is 0 Å². The van der Waals surface area contributed by atoms with E-state index in [1.54, 1.807) is 6.07 Å². The van der Waals surface area contributed by atoms with Crippen molar-refractivity contribution < 1.29 is 4.39 Å². The van der Waals surface area contributed by atoms with Crippen molar-refractivity contribution in [3.8, 4) is 0 Å². The van der Waals surface area contributed by atoms with Gasteiger partial charge in [-0.2, -0.15) is 0 Å². The van der Waals surface area contributed by atoms with Crippen molar-refractivity contribution >= 4 is 23.4 Å². The average Bonchev–Trinajstić information content (AvgIpc) is 2.34. The first-order valence-electron chi connectivity index (χ1n) is 5.61. The largest absolute Gasteiger partial charge is 0.330 e. The minimum absolute atomic E-state index is 0.201. The maximum Gasteiger partial charge on any atom is 0.127 e. The molecule has 1 nitrogen and oxygen atoms in total. The van der Waals surface area contributed by atoms with Gasteiger partial charge < -0.3 is 5.73 Å². The van der Waals surface area contributed by atoms with Crippen LogP contribution in [0.2, 0.25) is 5.02 Å². The lowest BCUT2D eigenvalue weighted by Gasteiger charge is -2.09. The molecule has 0 radical (unpaired) electrons. The minimum atomic E-state index is -0.201. The quantitative estimate of drug-likeness (QED) is 0.912. The van der Waals surface area contributed by atoms with Crippen LogP contribution in [0.4, 0.5) is 4.39 Å². The first-order valence-corrected chi connectivity index (χ1v) is 6.81. The minimum Gasteiger partial charge on any atom is -0.330 e. The van der Waals surface area contributed by atoms with Crippen molar-refractivity contribution in [2.24, 2.45) is 5.73 Å². The van der Waals surface area contributed by atoms with E-state index in [0.717, 1.165) is 9.79 Å². The smallest absolute Gasteiger partial charge is 0.127 e. The second-order valence-corrected chi connectivity index (χ2v) is 5.37. The summed E-state index contributed by atoms with van der Waals surface area (Å²) in [6, 6.07) is 12.6. The maximum atomic E-state index is 13.7. The number of benzene rings is 2. The molecule has 0 heterocycles. The molecule has 0 spiro atoms. The van der Waals surface area contributed by atoms with Crippen LogP contribution in [0.5, 0.6) is 0 Å². The van der Waals surface area contributed by atoms with Crippen molar-refractivity contribution in [2.45, 2.75) is 16.2 Å². The predicted molar refractivity (Wildman–Crippen MR) is 74.7 cm³/mol. The summed E-state index contributed by atoms with van der Waals surface area (Å²) in [6.07, 6.45) is 0.537. The van der Waals surface area contributed by atoms with E-state index in [1.165, 1.54) is 17.8 Å². The number of rotatable bonds is 4. The molecule has 0 aliphatic rings. The predicted octanol–water partition coefficient (Wildman–Crippen LogP) is 4.13. The topological polar surface area (TPSA) is 26.0 Å². The number of halogens is 2. The van der Waals surface area contributed by atoms with Crippen LogP contribution in [0, 0.1) is 5.82 Å². The number of nitrogens with two attached hydrogens (primary N) is 1. The highest BCUT2D eigenvalue weighted by Gasteiger charge is 2.09. The highest BCUT2D eigenvalue weighted by molar-refractivity contribution is 7.99. The van der Waals surface area contributed by atoms with E-state index >= 15 is 0 Å². The number of hydrogen-bond donors (Lipinski definition) is 1. The van der Waals surface area contributed by atoms with E-state index in [4.69, 9.17) is 17.3 Å². The molecule has 0 fully saturated rings. The van der Waals surface area contributed by atoms with E-state index in [0.29, 0.717) is 23.6 Å². The van der Waals surface area contributed by atoms with Crippen LogP contribution in [-0.2, 0) is 6.42 Å². The lowest BCUT2D eigenvalue weighted by molar-refractivity contribution is 0.603. The fourth-order valence-corrected chi connectivity index (χ4v) is 2.99. The third-order valence-corrected chi connectivity index (χ3v) is 3.82. The van der Waals surface area contributed by atoms with E-state index in [2.05, 4.69) is 0 Å². The van der Waals surface area contributed by atoms with Gasteiger partial charge in [0.2, 0.25) is 0 Å². The van der Waals surface area contributed by atoms with Crippen LogP contribution in [-0.4, -0.2) is 6.54 Å². The Bertz CT molecular complexity index is 545. The molecular formula is C14H13ClFNS. The molecule has 2 aromatic carbocycles. The van der Waals surface area contributed by atoms with Crippen LogP contribution in [0.15, 0.2) is 52.3 Å². The zero-order chi connectivity index (χ0) is 13.0. The maximum absolute atomic E-state index is 13.7. The summed E-state index contributed by atoms with van der Waals surface area (Å²) >= 11 is 7.44. The molecule has 94 valence electrons. The highest BCUT2D eigenvalue weighted by Crippen LogP contribution is 2.32. The van der Waals surface area contributed by atoms with Crippen molar-refractivity contribution in [3.05, 3.63) is 58.9 Å². The van der Waals surface area contributed by atoms with Crippen LogP contribution < -0.4 is 5.73 Å². The molecule has 0 aliphatic carbocycles. The van der Waals surface area contributed by atoms with Crippen LogP contribution >= 0.6 is 23.4 Å². The normalized spacial score (nSPS) is 10.6. The van der Waals surface area contributed by atoms with Gasteiger partial charge in [-0.15, -0.1) is 0 Å². The summed E-state index contributed by atoms with van der Waals surface area (Å²) in [5.74, 6) is -0.201. The molecule has 4 heteroatoms. The molecule has 2 aromatic rings. The molecule has 0 unspecified atom stereocenters. The Hall–Kier alpha value is -1.03. The first-order chi connectivity index (χ1) is 8.70. The van der Waals surface area contributed by atoms with Crippen molar-refractivity contribution in [1.29, 1.82) is 0 Å². The number of hydrogen-bond acceptors (Lipinski definition) is 2. The van der Waals surface area contributed by atoms with Gasteiger partial charge in [-0.1, -0.05) is 35.5 Å². The van der Waals surface area contributed by atoms with E-state index < -0.39 is 0 Å². The van der Waals surface area contributed by atoms with Gasteiger partial charge in [0.25, 0.3) is 0 Å². The Morgan fingerprint density at radius 3 is 2.67 bits per heavy atom. The molecule has 18 heavy (non-hydrogen) atoms. The monoisotopic (exact) mass is 281 g/mol. The Morgan fingerprint density at radius 2 is 1.94 bits per heavy atom. The average molecular weight is 282 g/mol. The van der Waals surface area contributed by atoms with Crippen molar-refractivity contribution in [1.82, 2.24) is 0 Å². The third kappa shape index (κ3) is 3.25. The zero-order valence-electron chi connectivity index (χ0n) is 9.70. The molecule has 0 saturated heterocycles. The van der Waals surface area contributed by atoms with Crippen molar-refractivity contribution in [2.75, 3.05) is 6.54 Å². The standard InChI is InChI=1S/C14H13ClFNS/c15-10-3-1-4-11(9-10)18-14-6-2-5-13(16)12(14)7-8-17/h1-6,9H,7-8,17H2. The van der Waals surface area contributed by atoms with E-state index in [1.807, 2.05) is 30.3 Å². The van der Waals surface area contributed by atoms with Gasteiger partial charge in [0.05, 0.1) is 0 Å². The van der Waals surface area contributed by atoms with Gasteiger partial charge in [0, 0.05) is 20.4 Å². The lowest BCUT2D eigenvalue weighted by Crippen LogP contribution is -2.05. The van der Waals surface area contributed by atoms with Crippen LogP contribution in [0.3, 0.4) is 0 Å². The van der Waals surface area contributed by atoms with E-state index in [9.17, 15) is 4.39 Å². The second kappa shape index (κ2) is 6.23. The molecule has 0 aromatic heterocycles. The molecule has 0 bridgehead atoms. The molecule has 0 aliphatic heterocycles. The molecule has 0 saturated carbocycles. The van der Waals surface area contributed by atoms with E-state index in [-0.39, 0.29) is 5.82 Å². The lowest BCUT2D eigenvalue weighted by atomic mass is 10.1. The third-order valence-electron chi connectivity index (χ3n) is 2.49. The molecular weight excluding hydrogens is 269 g/mol. The fourth-order valence-electron chi connectivity index (χ4n) is 1.68. The fraction of sp³-hybridized carbons (Fsp3) is 0.143. The first kappa shape index (κ1) is 13.4. The summed E-state index contributed by atoms with van der Waals surface area (Å²) in [5.41, 5.74) is 6.19. The SMILES string of the molecule is NCCc1c(F)cccc1Sc1cccc(Cl)c1. The highest BCUT2D eigenvalue weighted by atomic mass is 35.5. The summed E-state index contributed by atoms with van der Waals surface area (Å²) in [7, 11) is 0. The summed E-state index contributed by atoms with van der Waals surface area (Å²) in [6.45, 7) is 0.435. The second-order valence-electron chi connectivity index (χ2n) is 3.81. The molecule has 0 atom stereocenters. The molecule has 2 rings (SSSR count). The molecule has 2 N–H and O–H groups in total. The van der Waals surface area contributed by atoms with Gasteiger partial charge in [0.1, 0.15) is 5.82 Å². The van der Waals surface area contributed by atoms with Gasteiger partial charge in [-0.05, 0) is 43.3 Å². The Morgan fingerprint density at radius 1 is 1.17 bits per heavy atom. The summed E-state index contributed by atoms with van der Waals surface area (Å²) in [5, 5.41) is 0.678. The zero-order valence-corrected chi connectivity index (χ0v) is 11.3. The Labute approximate surface area is 115 Å². The summed E-state index contributed by atoms with van der Waals surface area (Å²) in [4.78, 5) is 1.88. The van der Waals surface area contributed by atoms with Gasteiger partial charge in [-0.25, -0.2) is 4.39 Å². The van der Waals surface area contributed by atoms with Crippen LogP contribution in [0.1, 0.15) is 5.56 Å². The Kier molecular flexibility index (Phi) is 4.64. The van der Waals surface area contributed by atoms with Gasteiger partial charge >= 0.3 is 0 Å². The molecule has 0 amide bonds. The van der Waals surface area contributed by atoms with Crippen LogP contribution in [0.25, 0.3) is 0 Å². The Balaban J connectivity index is 2.31. The summed E-state index contributed by atoms with van der Waals surface area (Å²) < 4.78 is 13.7. The van der Waals surface area contributed by atoms with Crippen molar-refractivity contribution in [3.63, 3.8) is 0 Å². The van der Waals surface area contributed by atoms with Gasteiger partial charge in [0.15, 0.2) is 0 Å².